The van der Waals surface area contributed by atoms with Gasteiger partial charge in [0.1, 0.15) is 6.10 Å². The lowest BCUT2D eigenvalue weighted by molar-refractivity contribution is -0.0243. The van der Waals surface area contributed by atoms with Crippen molar-refractivity contribution in [3.63, 3.8) is 0 Å². The lowest BCUT2D eigenvalue weighted by atomic mass is 10.3. The number of rotatable bonds is 10. The van der Waals surface area contributed by atoms with Gasteiger partial charge in [0, 0.05) is 0 Å². The third-order valence-electron chi connectivity index (χ3n) is 2.03. The quantitative estimate of drug-likeness (QED) is 0.449. The van der Waals surface area contributed by atoms with Gasteiger partial charge in [-0.2, -0.15) is 0 Å². The van der Waals surface area contributed by atoms with Gasteiger partial charge in [0.15, 0.2) is 0 Å². The molecular formula is C11H19Cl2O4P. The molecule has 0 rings (SSSR count). The van der Waals surface area contributed by atoms with Crippen molar-refractivity contribution in [1.29, 1.82) is 0 Å². The smallest absolute Gasteiger partial charge is 0.372 e. The topological polar surface area (TPSA) is 44.8 Å². The van der Waals surface area contributed by atoms with Crippen molar-refractivity contribution in [1.82, 2.24) is 0 Å². The van der Waals surface area contributed by atoms with Gasteiger partial charge < -0.3 is 9.47 Å². The Morgan fingerprint density at radius 1 is 1.11 bits per heavy atom. The lowest BCUT2D eigenvalue weighted by Gasteiger charge is -2.21. The van der Waals surface area contributed by atoms with Crippen molar-refractivity contribution >= 4 is 28.6 Å². The summed E-state index contributed by atoms with van der Waals surface area (Å²) >= 11 is 10.7. The second kappa shape index (κ2) is 9.13. The second-order valence-corrected chi connectivity index (χ2v) is 7.92. The average Bonchev–Trinajstić information content (AvgIpc) is 2.29. The fraction of sp³-hybridized carbons (Fsp3) is 0.636. The van der Waals surface area contributed by atoms with Crippen molar-refractivity contribution < 1.29 is 18.6 Å². The minimum absolute atomic E-state index is 0.153. The number of halogens is 2. The third kappa shape index (κ3) is 10.1. The van der Waals surface area contributed by atoms with Gasteiger partial charge in [-0.15, -0.1) is 13.2 Å². The Labute approximate surface area is 118 Å². The zero-order valence-electron chi connectivity index (χ0n) is 10.6. The molecule has 0 fully saturated rings. The summed E-state index contributed by atoms with van der Waals surface area (Å²) in [5.74, 6) is 0. The average molecular weight is 317 g/mol. The molecule has 0 heterocycles. The lowest BCUT2D eigenvalue weighted by Crippen LogP contribution is -2.27. The maximum absolute atomic E-state index is 11.2. The van der Waals surface area contributed by atoms with Crippen LogP contribution in [0.2, 0.25) is 0 Å². The molecule has 0 aliphatic rings. The van der Waals surface area contributed by atoms with E-state index < -0.39 is 12.2 Å². The first-order valence-electron chi connectivity index (χ1n) is 5.44. The Kier molecular flexibility index (Phi) is 9.22. The van der Waals surface area contributed by atoms with E-state index in [4.69, 9.17) is 36.5 Å². The van der Waals surface area contributed by atoms with Crippen molar-refractivity contribution in [3.8, 4) is 0 Å². The molecule has 0 saturated carbocycles. The first kappa shape index (κ1) is 18.2. The highest BCUT2D eigenvalue weighted by molar-refractivity contribution is 8.05. The normalized spacial score (nSPS) is 16.9. The van der Waals surface area contributed by atoms with E-state index in [2.05, 4.69) is 13.2 Å². The monoisotopic (exact) mass is 316 g/mol. The Morgan fingerprint density at radius 2 is 1.50 bits per heavy atom. The van der Waals surface area contributed by atoms with E-state index in [1.165, 1.54) is 0 Å². The van der Waals surface area contributed by atoms with Crippen LogP contribution in [0.4, 0.5) is 0 Å². The molecule has 7 heteroatoms. The molecule has 0 aliphatic heterocycles. The van der Waals surface area contributed by atoms with Crippen LogP contribution in [0.5, 0.6) is 0 Å². The summed E-state index contributed by atoms with van der Waals surface area (Å²) in [5, 5.41) is 0. The summed E-state index contributed by atoms with van der Waals surface area (Å²) in [7, 11) is 0. The molecule has 0 radical (unpaired) electrons. The van der Waals surface area contributed by atoms with Crippen LogP contribution >= 0.6 is 28.6 Å². The van der Waals surface area contributed by atoms with E-state index >= 15 is 0 Å². The van der Waals surface area contributed by atoms with Crippen LogP contribution in [0.25, 0.3) is 0 Å². The van der Waals surface area contributed by atoms with Crippen molar-refractivity contribution in [2.75, 3.05) is 13.2 Å². The van der Waals surface area contributed by atoms with Gasteiger partial charge in [0.05, 0.1) is 25.4 Å². The van der Waals surface area contributed by atoms with Gasteiger partial charge in [0.25, 0.3) is 0 Å². The van der Waals surface area contributed by atoms with Crippen LogP contribution in [0.15, 0.2) is 25.3 Å². The maximum atomic E-state index is 11.2. The van der Waals surface area contributed by atoms with Gasteiger partial charge in [0.2, 0.25) is 0 Å². The molecule has 2 atom stereocenters. The first-order valence-corrected chi connectivity index (χ1v) is 8.88. The minimum atomic E-state index is -3.63. The molecule has 0 aromatic carbocycles. The van der Waals surface area contributed by atoms with E-state index in [0.717, 1.165) is 0 Å². The summed E-state index contributed by atoms with van der Waals surface area (Å²) in [6.45, 7) is 11.1. The van der Waals surface area contributed by atoms with Crippen LogP contribution in [0.1, 0.15) is 13.8 Å². The van der Waals surface area contributed by atoms with Gasteiger partial charge in [-0.05, 0) is 36.3 Å². The molecule has 0 saturated heterocycles. The van der Waals surface area contributed by atoms with Gasteiger partial charge in [-0.25, -0.2) is 0 Å². The van der Waals surface area contributed by atoms with E-state index in [9.17, 15) is 4.57 Å². The van der Waals surface area contributed by atoms with Crippen LogP contribution in [0, 0.1) is 0 Å². The van der Waals surface area contributed by atoms with Gasteiger partial charge >= 0.3 is 6.07 Å². The van der Waals surface area contributed by atoms with E-state index in [-0.39, 0.29) is 25.4 Å². The molecule has 18 heavy (non-hydrogen) atoms. The van der Waals surface area contributed by atoms with Crippen LogP contribution in [-0.4, -0.2) is 31.5 Å². The van der Waals surface area contributed by atoms with Gasteiger partial charge in [-0.1, -0.05) is 12.2 Å². The van der Waals surface area contributed by atoms with Crippen LogP contribution < -0.4 is 0 Å². The van der Waals surface area contributed by atoms with Crippen molar-refractivity contribution in [3.05, 3.63) is 25.3 Å². The molecule has 0 aliphatic carbocycles. The Bertz CT molecular complexity index is 287. The molecule has 0 N–H and O–H groups in total. The van der Waals surface area contributed by atoms with E-state index in [0.29, 0.717) is 0 Å². The Morgan fingerprint density at radius 3 is 1.78 bits per heavy atom. The van der Waals surface area contributed by atoms with Crippen molar-refractivity contribution in [2.45, 2.75) is 32.2 Å². The molecule has 0 aromatic heterocycles. The third-order valence-corrected chi connectivity index (χ3v) is 3.05. The van der Waals surface area contributed by atoms with Gasteiger partial charge in [-0.3, -0.25) is 9.09 Å². The Hall–Kier alpha value is 0.170. The van der Waals surface area contributed by atoms with E-state index in [1.54, 1.807) is 12.2 Å². The molecule has 0 bridgehead atoms. The second-order valence-electron chi connectivity index (χ2n) is 3.69. The fourth-order valence-corrected chi connectivity index (χ4v) is 2.08. The highest BCUT2D eigenvalue weighted by atomic mass is 35.9. The maximum Gasteiger partial charge on any atom is 0.380 e. The first-order chi connectivity index (χ1) is 8.28. The molecular weight excluding hydrogens is 298 g/mol. The molecule has 106 valence electrons. The summed E-state index contributed by atoms with van der Waals surface area (Å²) in [6.07, 6.45) is -1.29. The number of hydrogen-bond acceptors (Lipinski definition) is 4. The highest BCUT2D eigenvalue weighted by Crippen LogP contribution is 2.58. The minimum Gasteiger partial charge on any atom is -0.372 e. The summed E-state index contributed by atoms with van der Waals surface area (Å²) in [5.41, 5.74) is 0. The predicted octanol–water partition coefficient (Wildman–Crippen LogP) is 4.14. The summed E-state index contributed by atoms with van der Waals surface area (Å²) in [4.78, 5) is 0. The Balaban J connectivity index is 4.28. The molecule has 4 nitrogen and oxygen atoms in total. The molecule has 0 amide bonds. The van der Waals surface area contributed by atoms with E-state index in [1.807, 2.05) is 13.8 Å². The highest BCUT2D eigenvalue weighted by Gasteiger charge is 2.23. The zero-order valence-corrected chi connectivity index (χ0v) is 13.0. The SMILES string of the molecule is C=CC(C)OCC(COC(C)C=C)OP(=O)(Cl)Cl. The van der Waals surface area contributed by atoms with Crippen LogP contribution in [0.3, 0.4) is 0 Å². The summed E-state index contributed by atoms with van der Waals surface area (Å²) in [6, 6.07) is 0. The molecule has 0 spiro atoms. The fourth-order valence-electron chi connectivity index (χ4n) is 0.937. The van der Waals surface area contributed by atoms with Crippen molar-refractivity contribution in [2.24, 2.45) is 0 Å². The largest absolute Gasteiger partial charge is 0.380 e. The standard InChI is InChI=1S/C11H19Cl2O4P/c1-5-9(3)15-7-11(17-18(12,13)14)8-16-10(4)6-2/h5-6,9-11H,1-2,7-8H2,3-4H3. The molecule has 2 unspecified atom stereocenters. The van der Waals surface area contributed by atoms with Crippen LogP contribution in [-0.2, 0) is 18.6 Å². The number of ether oxygens (including phenoxy) is 2. The molecule has 0 aromatic rings. The predicted molar refractivity (Wildman–Crippen MR) is 75.4 cm³/mol. The zero-order chi connectivity index (χ0) is 14.2. The number of hydrogen-bond donors (Lipinski definition) is 0. The summed E-state index contributed by atoms with van der Waals surface area (Å²) < 4.78 is 27.0.